The number of halogens is 1. The van der Waals surface area contributed by atoms with Crippen molar-refractivity contribution < 1.29 is 4.79 Å². The number of nitrogens with zero attached hydrogens (tertiary/aromatic N) is 4. The smallest absolute Gasteiger partial charge is 0.224 e. The molecule has 0 aliphatic carbocycles. The van der Waals surface area contributed by atoms with E-state index in [9.17, 15) is 4.79 Å². The predicted molar refractivity (Wildman–Crippen MR) is 112 cm³/mol. The zero-order valence-electron chi connectivity index (χ0n) is 16.2. The van der Waals surface area contributed by atoms with E-state index in [0.717, 1.165) is 75.3 Å². The molecule has 1 N–H and O–H groups in total. The lowest BCUT2D eigenvalue weighted by atomic mass is 10.2. The summed E-state index contributed by atoms with van der Waals surface area (Å²) in [5.74, 6) is 1.14. The third-order valence-corrected chi connectivity index (χ3v) is 5.47. The lowest BCUT2D eigenvalue weighted by molar-refractivity contribution is -0.129. The summed E-state index contributed by atoms with van der Waals surface area (Å²) in [5, 5.41) is 4.17. The van der Waals surface area contributed by atoms with E-state index in [1.165, 1.54) is 0 Å². The molecule has 2 fully saturated rings. The first kappa shape index (κ1) is 19.8. The Kier molecular flexibility index (Phi) is 7.21. The molecule has 7 heteroatoms. The fourth-order valence-corrected chi connectivity index (χ4v) is 3.93. The number of anilines is 1. The Balaban J connectivity index is 1.52. The van der Waals surface area contributed by atoms with Crippen LogP contribution >= 0.6 is 11.6 Å². The van der Waals surface area contributed by atoms with Crippen molar-refractivity contribution in [3.63, 3.8) is 0 Å². The molecular formula is C20H30ClN5O. The van der Waals surface area contributed by atoms with Crippen LogP contribution in [0.1, 0.15) is 26.2 Å². The van der Waals surface area contributed by atoms with E-state index in [4.69, 9.17) is 16.6 Å². The summed E-state index contributed by atoms with van der Waals surface area (Å²) < 4.78 is 0. The highest BCUT2D eigenvalue weighted by molar-refractivity contribution is 6.33. The number of rotatable bonds is 5. The molecule has 0 spiro atoms. The maximum absolute atomic E-state index is 12.2. The van der Waals surface area contributed by atoms with E-state index < -0.39 is 0 Å². The second kappa shape index (κ2) is 9.83. The number of amides is 1. The van der Waals surface area contributed by atoms with Gasteiger partial charge in [-0.1, -0.05) is 23.7 Å². The number of guanidine groups is 1. The first-order valence-electron chi connectivity index (χ1n) is 9.99. The van der Waals surface area contributed by atoms with Crippen LogP contribution in [0.25, 0.3) is 0 Å². The molecule has 0 radical (unpaired) electrons. The lowest BCUT2D eigenvalue weighted by Gasteiger charge is -2.38. The number of para-hydroxylation sites is 1. The normalized spacial score (nSPS) is 18.1. The van der Waals surface area contributed by atoms with Crippen molar-refractivity contribution in [2.75, 3.05) is 57.3 Å². The molecule has 0 unspecified atom stereocenters. The van der Waals surface area contributed by atoms with Crippen LogP contribution in [0.15, 0.2) is 29.3 Å². The summed E-state index contributed by atoms with van der Waals surface area (Å²) in [7, 11) is 0. The summed E-state index contributed by atoms with van der Waals surface area (Å²) in [6, 6.07) is 7.99. The number of carbonyl (C=O) groups excluding carboxylic acids is 1. The number of carbonyl (C=O) groups is 1. The van der Waals surface area contributed by atoms with E-state index in [1.54, 1.807) is 0 Å². The van der Waals surface area contributed by atoms with Gasteiger partial charge in [-0.2, -0.15) is 0 Å². The van der Waals surface area contributed by atoms with Crippen LogP contribution in [0.4, 0.5) is 5.69 Å². The number of aliphatic imine (C=N–C) groups is 1. The number of likely N-dealkylation sites (tertiary alicyclic amines) is 1. The number of piperazine rings is 1. The molecule has 1 aromatic carbocycles. The molecule has 27 heavy (non-hydrogen) atoms. The summed E-state index contributed by atoms with van der Waals surface area (Å²) in [6.07, 6.45) is 2.76. The molecule has 2 aliphatic rings. The van der Waals surface area contributed by atoms with Gasteiger partial charge in [-0.3, -0.25) is 9.79 Å². The largest absolute Gasteiger partial charge is 0.367 e. The molecule has 6 nitrogen and oxygen atoms in total. The zero-order chi connectivity index (χ0) is 19.1. The van der Waals surface area contributed by atoms with Crippen LogP contribution in [-0.2, 0) is 4.79 Å². The molecule has 1 amide bonds. The van der Waals surface area contributed by atoms with Crippen molar-refractivity contribution >= 4 is 29.2 Å². The quantitative estimate of drug-likeness (QED) is 0.618. The third kappa shape index (κ3) is 5.28. The summed E-state index contributed by atoms with van der Waals surface area (Å²) in [6.45, 7) is 8.84. The summed E-state index contributed by atoms with van der Waals surface area (Å²) in [4.78, 5) is 23.5. The van der Waals surface area contributed by atoms with Crippen molar-refractivity contribution in [3.8, 4) is 0 Å². The Morgan fingerprint density at radius 1 is 1.07 bits per heavy atom. The van der Waals surface area contributed by atoms with Gasteiger partial charge >= 0.3 is 0 Å². The molecule has 0 aromatic heterocycles. The molecule has 3 rings (SSSR count). The second-order valence-corrected chi connectivity index (χ2v) is 7.41. The van der Waals surface area contributed by atoms with Crippen LogP contribution in [0.2, 0.25) is 5.02 Å². The summed E-state index contributed by atoms with van der Waals surface area (Å²) >= 11 is 6.33. The average molecular weight is 392 g/mol. The molecule has 2 heterocycles. The molecule has 2 aliphatic heterocycles. The second-order valence-electron chi connectivity index (χ2n) is 7.00. The Morgan fingerprint density at radius 2 is 1.78 bits per heavy atom. The number of hydrogen-bond acceptors (Lipinski definition) is 3. The lowest BCUT2D eigenvalue weighted by Crippen LogP contribution is -2.52. The molecule has 2 saturated heterocycles. The topological polar surface area (TPSA) is 51.2 Å². The maximum Gasteiger partial charge on any atom is 0.224 e. The van der Waals surface area contributed by atoms with Crippen molar-refractivity contribution in [1.82, 2.24) is 15.1 Å². The molecule has 0 bridgehead atoms. The molecule has 0 atom stereocenters. The van der Waals surface area contributed by atoms with Gasteiger partial charge in [0, 0.05) is 52.2 Å². The monoisotopic (exact) mass is 391 g/mol. The zero-order valence-corrected chi connectivity index (χ0v) is 16.9. The van der Waals surface area contributed by atoms with Crippen molar-refractivity contribution in [1.29, 1.82) is 0 Å². The van der Waals surface area contributed by atoms with Gasteiger partial charge in [0.2, 0.25) is 5.91 Å². The minimum absolute atomic E-state index is 0.232. The van der Waals surface area contributed by atoms with E-state index in [-0.39, 0.29) is 5.91 Å². The van der Waals surface area contributed by atoms with Gasteiger partial charge < -0.3 is 20.0 Å². The Hall–Kier alpha value is -1.95. The van der Waals surface area contributed by atoms with Gasteiger partial charge in [-0.05, 0) is 31.9 Å². The number of benzene rings is 1. The Bertz CT molecular complexity index is 652. The van der Waals surface area contributed by atoms with Crippen LogP contribution in [-0.4, -0.2) is 74.0 Å². The standard InChI is InChI=1S/C20H30ClN5O/c1-2-22-20(23-10-9-19(27)25-11-5-6-12-25)26-15-13-24(14-16-26)18-8-4-3-7-17(18)21/h3-4,7-8H,2,5-6,9-16H2,1H3,(H,22,23). The Labute approximate surface area is 167 Å². The highest BCUT2D eigenvalue weighted by Crippen LogP contribution is 2.26. The predicted octanol–water partition coefficient (Wildman–Crippen LogP) is 2.44. The van der Waals surface area contributed by atoms with Gasteiger partial charge in [0.05, 0.1) is 17.3 Å². The van der Waals surface area contributed by atoms with Crippen LogP contribution < -0.4 is 10.2 Å². The minimum atomic E-state index is 0.232. The van der Waals surface area contributed by atoms with E-state index in [0.29, 0.717) is 13.0 Å². The fourth-order valence-electron chi connectivity index (χ4n) is 3.68. The van der Waals surface area contributed by atoms with Crippen LogP contribution in [0.5, 0.6) is 0 Å². The fraction of sp³-hybridized carbons (Fsp3) is 0.600. The third-order valence-electron chi connectivity index (χ3n) is 5.15. The Morgan fingerprint density at radius 3 is 2.44 bits per heavy atom. The van der Waals surface area contributed by atoms with Crippen molar-refractivity contribution in [2.24, 2.45) is 4.99 Å². The van der Waals surface area contributed by atoms with E-state index in [1.807, 2.05) is 23.1 Å². The van der Waals surface area contributed by atoms with Gasteiger partial charge in [0.1, 0.15) is 0 Å². The molecular weight excluding hydrogens is 362 g/mol. The highest BCUT2D eigenvalue weighted by Gasteiger charge is 2.21. The molecule has 148 valence electrons. The number of hydrogen-bond donors (Lipinski definition) is 1. The van der Waals surface area contributed by atoms with Crippen LogP contribution in [0.3, 0.4) is 0 Å². The highest BCUT2D eigenvalue weighted by atomic mass is 35.5. The van der Waals surface area contributed by atoms with Gasteiger partial charge in [0.15, 0.2) is 5.96 Å². The van der Waals surface area contributed by atoms with E-state index >= 15 is 0 Å². The van der Waals surface area contributed by atoms with Gasteiger partial charge in [-0.15, -0.1) is 0 Å². The van der Waals surface area contributed by atoms with Crippen molar-refractivity contribution in [3.05, 3.63) is 29.3 Å². The van der Waals surface area contributed by atoms with Crippen LogP contribution in [0, 0.1) is 0 Å². The van der Waals surface area contributed by atoms with Gasteiger partial charge in [0.25, 0.3) is 0 Å². The molecule has 1 aromatic rings. The first-order chi connectivity index (χ1) is 13.2. The number of nitrogens with one attached hydrogen (secondary N) is 1. The van der Waals surface area contributed by atoms with E-state index in [2.05, 4.69) is 28.1 Å². The summed E-state index contributed by atoms with van der Waals surface area (Å²) in [5.41, 5.74) is 1.09. The average Bonchev–Trinajstić information content (AvgIpc) is 3.23. The van der Waals surface area contributed by atoms with Crippen molar-refractivity contribution in [2.45, 2.75) is 26.2 Å². The van der Waals surface area contributed by atoms with Gasteiger partial charge in [-0.25, -0.2) is 0 Å². The molecule has 0 saturated carbocycles. The first-order valence-corrected chi connectivity index (χ1v) is 10.4. The minimum Gasteiger partial charge on any atom is -0.367 e. The maximum atomic E-state index is 12.2. The SMILES string of the molecule is CCNC(=NCCC(=O)N1CCCC1)N1CCN(c2ccccc2Cl)CC1.